The van der Waals surface area contributed by atoms with Crippen molar-refractivity contribution in [3.05, 3.63) is 53.6 Å². The van der Waals surface area contributed by atoms with Gasteiger partial charge in [-0.05, 0) is 81.6 Å². The van der Waals surface area contributed by atoms with Crippen molar-refractivity contribution < 1.29 is 60.8 Å². The van der Waals surface area contributed by atoms with Crippen molar-refractivity contribution in [3.63, 3.8) is 0 Å². The van der Waals surface area contributed by atoms with E-state index in [4.69, 9.17) is 24.5 Å². The molecule has 3 heterocycles. The monoisotopic (exact) mass is 729 g/mol. The molecule has 2 aliphatic heterocycles. The second-order valence-corrected chi connectivity index (χ2v) is 12.8. The topological polar surface area (TPSA) is 133 Å². The fraction of sp³-hybridized carbons (Fsp3) is 0.514. The van der Waals surface area contributed by atoms with Gasteiger partial charge in [0, 0.05) is 36.1 Å². The van der Waals surface area contributed by atoms with Crippen molar-refractivity contribution in [2.75, 3.05) is 39.8 Å². The molecule has 1 aromatic heterocycles. The summed E-state index contributed by atoms with van der Waals surface area (Å²) in [5.41, 5.74) is 5.16. The van der Waals surface area contributed by atoms with E-state index in [0.717, 1.165) is 36.5 Å². The summed E-state index contributed by atoms with van der Waals surface area (Å²) >= 11 is 0. The van der Waals surface area contributed by atoms with E-state index in [1.807, 2.05) is 6.07 Å². The van der Waals surface area contributed by atoms with Crippen molar-refractivity contribution in [2.24, 2.45) is 0 Å². The van der Waals surface area contributed by atoms with Crippen LogP contribution in [0.5, 0.6) is 5.75 Å². The van der Waals surface area contributed by atoms with Crippen LogP contribution in [-0.4, -0.2) is 106 Å². The molecule has 280 valence electrons. The van der Waals surface area contributed by atoms with Crippen LogP contribution in [0.15, 0.2) is 42.5 Å². The lowest BCUT2D eigenvalue weighted by molar-refractivity contribution is -0.193. The zero-order valence-corrected chi connectivity index (χ0v) is 28.0. The predicted octanol–water partition coefficient (Wildman–Crippen LogP) is 7.11. The van der Waals surface area contributed by atoms with Gasteiger partial charge in [0.1, 0.15) is 12.4 Å². The normalized spacial score (nSPS) is 18.2. The number of likely N-dealkylation sites (N-methyl/N-ethyl adjacent to an activating group) is 1. The number of nitrogens with zero attached hydrogens (tertiary/aromatic N) is 3. The maximum absolute atomic E-state index is 12.0. The van der Waals surface area contributed by atoms with Crippen LogP contribution in [0.25, 0.3) is 22.2 Å². The number of carbonyl (C=O) groups is 3. The minimum Gasteiger partial charge on any atom is -0.491 e. The molecular weight excluding hydrogens is 688 g/mol. The molecule has 1 atom stereocenters. The van der Waals surface area contributed by atoms with Crippen LogP contribution in [0.2, 0.25) is 0 Å². The third-order valence-corrected chi connectivity index (χ3v) is 9.41. The Morgan fingerprint density at radius 2 is 1.45 bits per heavy atom. The zero-order chi connectivity index (χ0) is 37.5. The quantitative estimate of drug-likeness (QED) is 0.227. The summed E-state index contributed by atoms with van der Waals surface area (Å²) in [7, 11) is 2.22. The SMILES string of the molecule is CN(CCN1CCCC1)C1COc2ccccc2-c2c(C3CCCCC3)c3ccc(C(=O)O)cc3n2C1.O=C(O)C(F)(F)F.O=C(O)C(F)(F)F. The van der Waals surface area contributed by atoms with Crippen molar-refractivity contribution in [2.45, 2.75) is 75.8 Å². The number of likely N-dealkylation sites (tertiary alicyclic amines) is 1. The van der Waals surface area contributed by atoms with E-state index >= 15 is 0 Å². The summed E-state index contributed by atoms with van der Waals surface area (Å²) in [5, 5.41) is 25.3. The number of hydrogen-bond acceptors (Lipinski definition) is 6. The number of halogens is 6. The van der Waals surface area contributed by atoms with E-state index in [1.54, 1.807) is 6.07 Å². The molecule has 6 rings (SSSR count). The lowest BCUT2D eigenvalue weighted by Crippen LogP contribution is -2.44. The van der Waals surface area contributed by atoms with Crippen LogP contribution in [0.3, 0.4) is 0 Å². The van der Waals surface area contributed by atoms with E-state index in [0.29, 0.717) is 18.1 Å². The summed E-state index contributed by atoms with van der Waals surface area (Å²) in [6.07, 6.45) is -1.36. The molecule has 16 heteroatoms. The van der Waals surface area contributed by atoms with E-state index in [2.05, 4.69) is 51.7 Å². The number of aromatic nitrogens is 1. The summed E-state index contributed by atoms with van der Waals surface area (Å²) in [6.45, 7) is 5.89. The van der Waals surface area contributed by atoms with Crippen molar-refractivity contribution >= 4 is 28.8 Å². The van der Waals surface area contributed by atoms with Crippen LogP contribution < -0.4 is 4.74 Å². The molecule has 3 aliphatic rings. The molecule has 3 aromatic rings. The van der Waals surface area contributed by atoms with Gasteiger partial charge in [0.15, 0.2) is 0 Å². The minimum absolute atomic E-state index is 0.193. The van der Waals surface area contributed by atoms with Gasteiger partial charge in [0.25, 0.3) is 0 Å². The molecule has 10 nitrogen and oxygen atoms in total. The summed E-state index contributed by atoms with van der Waals surface area (Å²) in [4.78, 5) is 34.8. The predicted molar refractivity (Wildman–Crippen MR) is 175 cm³/mol. The molecule has 0 radical (unpaired) electrons. The number of para-hydroxylation sites is 1. The fourth-order valence-corrected chi connectivity index (χ4v) is 6.79. The summed E-state index contributed by atoms with van der Waals surface area (Å²) in [6, 6.07) is 14.4. The summed E-state index contributed by atoms with van der Waals surface area (Å²) < 4.78 is 72.4. The van der Waals surface area contributed by atoms with Gasteiger partial charge in [0.05, 0.1) is 17.3 Å². The summed E-state index contributed by atoms with van der Waals surface area (Å²) in [5.74, 6) is -4.97. The number of carboxylic acids is 3. The third-order valence-electron chi connectivity index (χ3n) is 9.41. The zero-order valence-electron chi connectivity index (χ0n) is 28.0. The van der Waals surface area contributed by atoms with E-state index in [1.165, 1.54) is 74.7 Å². The number of fused-ring (bicyclic) bond motifs is 5. The minimum atomic E-state index is -5.08. The molecule has 0 bridgehead atoms. The Morgan fingerprint density at radius 3 is 2.02 bits per heavy atom. The molecule has 3 N–H and O–H groups in total. The van der Waals surface area contributed by atoms with Crippen molar-refractivity contribution in [1.29, 1.82) is 0 Å². The van der Waals surface area contributed by atoms with Crippen molar-refractivity contribution in [1.82, 2.24) is 14.4 Å². The molecule has 0 spiro atoms. The van der Waals surface area contributed by atoms with Gasteiger partial charge in [-0.2, -0.15) is 26.3 Å². The highest BCUT2D eigenvalue weighted by molar-refractivity contribution is 5.98. The molecule has 1 saturated carbocycles. The van der Waals surface area contributed by atoms with Crippen LogP contribution in [0, 0.1) is 0 Å². The van der Waals surface area contributed by atoms with Crippen LogP contribution in [0.4, 0.5) is 26.3 Å². The number of hydrogen-bond donors (Lipinski definition) is 3. The maximum atomic E-state index is 12.0. The average Bonchev–Trinajstić information content (AvgIpc) is 3.70. The molecule has 1 unspecified atom stereocenters. The maximum Gasteiger partial charge on any atom is 0.490 e. The lowest BCUT2D eigenvalue weighted by Gasteiger charge is -2.33. The first-order chi connectivity index (χ1) is 24.0. The molecule has 2 aromatic carbocycles. The number of carboxylic acid groups (broad SMARTS) is 3. The molecule has 0 amide bonds. The van der Waals surface area contributed by atoms with Crippen LogP contribution in [-0.2, 0) is 16.1 Å². The molecule has 1 saturated heterocycles. The molecule has 51 heavy (non-hydrogen) atoms. The van der Waals surface area contributed by atoms with E-state index in [9.17, 15) is 36.2 Å². The molecule has 2 fully saturated rings. The van der Waals surface area contributed by atoms with Crippen LogP contribution >= 0.6 is 0 Å². The Kier molecular flexibility index (Phi) is 13.0. The van der Waals surface area contributed by atoms with Gasteiger partial charge in [0.2, 0.25) is 0 Å². The van der Waals surface area contributed by atoms with Gasteiger partial charge in [-0.3, -0.25) is 4.90 Å². The fourth-order valence-electron chi connectivity index (χ4n) is 6.79. The lowest BCUT2D eigenvalue weighted by atomic mass is 9.81. The molecular formula is C35H41F6N3O7. The first-order valence-corrected chi connectivity index (χ1v) is 16.6. The Hall–Kier alpha value is -4.31. The van der Waals surface area contributed by atoms with Crippen molar-refractivity contribution in [3.8, 4) is 17.0 Å². The Labute approximate surface area is 290 Å². The Morgan fingerprint density at radius 1 is 0.863 bits per heavy atom. The number of ether oxygens (including phenoxy) is 1. The highest BCUT2D eigenvalue weighted by Crippen LogP contribution is 2.47. The molecule has 1 aliphatic carbocycles. The van der Waals surface area contributed by atoms with Gasteiger partial charge >= 0.3 is 30.3 Å². The van der Waals surface area contributed by atoms with E-state index < -0.39 is 30.3 Å². The number of aromatic carboxylic acids is 1. The Bertz CT molecular complexity index is 1650. The average molecular weight is 730 g/mol. The largest absolute Gasteiger partial charge is 0.491 e. The third kappa shape index (κ3) is 10.2. The second kappa shape index (κ2) is 16.8. The van der Waals surface area contributed by atoms with Gasteiger partial charge in [-0.1, -0.05) is 37.5 Å². The first kappa shape index (κ1) is 39.5. The van der Waals surface area contributed by atoms with Gasteiger partial charge in [-0.15, -0.1) is 0 Å². The second-order valence-electron chi connectivity index (χ2n) is 12.8. The first-order valence-electron chi connectivity index (χ1n) is 16.6. The smallest absolute Gasteiger partial charge is 0.490 e. The number of benzene rings is 2. The van der Waals surface area contributed by atoms with Crippen LogP contribution in [0.1, 0.15) is 66.8 Å². The Balaban J connectivity index is 0.000000353. The number of rotatable bonds is 6. The highest BCUT2D eigenvalue weighted by Gasteiger charge is 2.39. The number of alkyl halides is 6. The number of aliphatic carboxylic acids is 2. The van der Waals surface area contributed by atoms with E-state index in [-0.39, 0.29) is 6.04 Å². The van der Waals surface area contributed by atoms with Gasteiger partial charge in [-0.25, -0.2) is 14.4 Å². The highest BCUT2D eigenvalue weighted by atomic mass is 19.4. The standard InChI is InChI=1S/C31H39N3O3.2C2HF3O2/c1-32(17-18-33-15-7-8-16-33)24-20-34-27-19-23(31(35)36)13-14-25(27)29(22-9-3-2-4-10-22)30(34)26-11-5-6-12-28(26)37-21-24;2*3-2(4,5)1(6)7/h5-6,11-14,19,22,24H,2-4,7-10,15-18,20-21H2,1H3,(H,35,36);2*(H,6,7). The van der Waals surface area contributed by atoms with Gasteiger partial charge < -0.3 is 29.5 Å².